The summed E-state index contributed by atoms with van der Waals surface area (Å²) in [6.45, 7) is 35.2. The fourth-order valence-electron chi connectivity index (χ4n) is 6.97. The molecule has 0 spiro atoms. The summed E-state index contributed by atoms with van der Waals surface area (Å²) in [4.78, 5) is 46.0. The Bertz CT molecular complexity index is 1490. The lowest BCUT2D eigenvalue weighted by molar-refractivity contribution is -0.141. The molecule has 0 amide bonds. The fourth-order valence-corrected chi connectivity index (χ4v) is 10.4. The largest absolute Gasteiger partial charge is 0.469 e. The molecule has 64 heavy (non-hydrogen) atoms. The summed E-state index contributed by atoms with van der Waals surface area (Å²) < 4.78 is 21.0. The number of Topliss-reactive ketones (excluding diaryl/α,β-unsaturated/α-hetero) is 2. The van der Waals surface area contributed by atoms with Crippen molar-refractivity contribution in [3.63, 3.8) is 0 Å². The summed E-state index contributed by atoms with van der Waals surface area (Å²) in [6, 6.07) is 0. The van der Waals surface area contributed by atoms with Crippen LogP contribution in [0.4, 0.5) is 0 Å². The zero-order valence-electron chi connectivity index (χ0n) is 44.3. The Morgan fingerprint density at radius 2 is 1.11 bits per heavy atom. The molecule has 0 N–H and O–H groups in total. The molecule has 0 aromatic heterocycles. The maximum absolute atomic E-state index is 12.4. The summed E-state index contributed by atoms with van der Waals surface area (Å²) in [7, 11) is 3.48. The monoisotopic (exact) mass is 1030 g/mol. The van der Waals surface area contributed by atoms with E-state index >= 15 is 0 Å². The Balaban J connectivity index is 0. The number of carbonyl (C=O) groups excluding carboxylic acids is 4. The van der Waals surface area contributed by atoms with Crippen molar-refractivity contribution >= 4 is 81.9 Å². The lowest BCUT2D eigenvalue weighted by atomic mass is 9.58. The maximum Gasteiger partial charge on any atom is 0.305 e. The lowest BCUT2D eigenvalue weighted by Crippen LogP contribution is -2.30. The van der Waals surface area contributed by atoms with Crippen LogP contribution in [0, 0.1) is 0 Å². The van der Waals surface area contributed by atoms with E-state index in [0.29, 0.717) is 50.1 Å². The summed E-state index contributed by atoms with van der Waals surface area (Å²) in [5.41, 5.74) is 1.30. The van der Waals surface area contributed by atoms with Gasteiger partial charge in [-0.3, -0.25) is 19.2 Å². The number of ketones is 2. The highest BCUT2D eigenvalue weighted by Gasteiger charge is 2.31. The van der Waals surface area contributed by atoms with Crippen LogP contribution in [-0.4, -0.2) is 109 Å². The van der Waals surface area contributed by atoms with Crippen LogP contribution in [0.25, 0.3) is 0 Å². The first kappa shape index (κ1) is 64.7. The number of allylic oxidation sites excluding steroid dienone is 5. The van der Waals surface area contributed by atoms with Crippen molar-refractivity contribution in [3.8, 4) is 0 Å². The van der Waals surface area contributed by atoms with Crippen LogP contribution in [0.3, 0.4) is 0 Å². The topological polar surface area (TPSA) is 105 Å². The van der Waals surface area contributed by atoms with Crippen molar-refractivity contribution in [1.29, 1.82) is 0 Å². The summed E-state index contributed by atoms with van der Waals surface area (Å²) >= 11 is 3.28. The Hall–Kier alpha value is -1.43. The summed E-state index contributed by atoms with van der Waals surface area (Å²) in [5.74, 6) is 0.935. The molecule has 1 fully saturated rings. The fraction of sp³-hybridized carbons (Fsp3) is 0.760. The smallest absolute Gasteiger partial charge is 0.305 e. The van der Waals surface area contributed by atoms with Crippen molar-refractivity contribution in [2.24, 2.45) is 0 Å². The first-order chi connectivity index (χ1) is 29.6. The maximum atomic E-state index is 12.4. The van der Waals surface area contributed by atoms with Crippen LogP contribution in [-0.2, 0) is 38.1 Å². The van der Waals surface area contributed by atoms with Gasteiger partial charge in [-0.05, 0) is 91.4 Å². The van der Waals surface area contributed by atoms with Gasteiger partial charge in [0.05, 0.1) is 53.8 Å². The van der Waals surface area contributed by atoms with Crippen LogP contribution in [0.1, 0.15) is 131 Å². The lowest BCUT2D eigenvalue weighted by Gasteiger charge is -2.27. The molecule has 0 aromatic carbocycles. The molecule has 369 valence electrons. The minimum absolute atomic E-state index is 0.0277. The molecular weight excluding hydrogens is 932 g/mol. The molecule has 14 heteroatoms. The normalized spacial score (nSPS) is 18.4. The average molecular weight is 1030 g/mol. The molecule has 3 aliphatic carbocycles. The number of esters is 2. The number of methoxy groups -OCH3 is 2. The molecule has 1 radical (unpaired) electrons. The SMILES string of the molecule is CC(C)(C)OC1C=C(CBr)C(=O)C1.COC(=O)CCC/C=C(/CC1=CC(OC(C)(C)C)CC1=O)[Si](C)(C)C.COC(=O)CCC/C=C(/[B]C1CCCCC1)[Si](C)(C)C.C[SiH2]C.C[SiH2]C. The third kappa shape index (κ3) is 33.1. The third-order valence-corrected chi connectivity index (χ3v) is 15.1. The van der Waals surface area contributed by atoms with Crippen LogP contribution in [0.2, 0.25) is 71.3 Å². The number of halogens is 1. The van der Waals surface area contributed by atoms with Gasteiger partial charge in [0, 0.05) is 55.6 Å². The highest BCUT2D eigenvalue weighted by Crippen LogP contribution is 2.32. The Morgan fingerprint density at radius 1 is 0.703 bits per heavy atom. The molecule has 0 aromatic rings. The van der Waals surface area contributed by atoms with Crippen molar-refractivity contribution in [1.82, 2.24) is 0 Å². The molecule has 8 nitrogen and oxygen atoms in total. The molecule has 0 bridgehead atoms. The molecule has 0 heterocycles. The van der Waals surface area contributed by atoms with Gasteiger partial charge in [0.25, 0.3) is 0 Å². The van der Waals surface area contributed by atoms with Crippen molar-refractivity contribution in [2.45, 2.75) is 226 Å². The van der Waals surface area contributed by atoms with E-state index in [1.807, 2.05) is 53.7 Å². The third-order valence-electron chi connectivity index (χ3n) is 10.1. The molecule has 2 atom stereocenters. The first-order valence-electron chi connectivity index (χ1n) is 24.4. The Kier molecular flexibility index (Phi) is 34.3. The molecule has 3 aliphatic rings. The number of alkyl halides is 1. The predicted molar refractivity (Wildman–Crippen MR) is 291 cm³/mol. The van der Waals surface area contributed by atoms with E-state index in [1.165, 1.54) is 51.5 Å². The predicted octanol–water partition coefficient (Wildman–Crippen LogP) is 12.1. The first-order valence-corrected chi connectivity index (χ1v) is 38.2. The Labute approximate surface area is 409 Å². The molecule has 3 rings (SSSR count). The second-order valence-corrected chi connectivity index (χ2v) is 34.9. The number of rotatable bonds is 17. The number of ether oxygens (including phenoxy) is 4. The van der Waals surface area contributed by atoms with Crippen molar-refractivity contribution in [3.05, 3.63) is 45.7 Å². The molecule has 2 unspecified atom stereocenters. The second-order valence-electron chi connectivity index (χ2n) is 21.3. The molecular formula is C50H95BBrO8Si4. The van der Waals surface area contributed by atoms with Crippen LogP contribution in [0.5, 0.6) is 0 Å². The number of hydrogen-bond acceptors (Lipinski definition) is 8. The molecule has 1 saturated carbocycles. The van der Waals surface area contributed by atoms with Gasteiger partial charge in [0.2, 0.25) is 0 Å². The van der Waals surface area contributed by atoms with Gasteiger partial charge >= 0.3 is 11.9 Å². The second kappa shape index (κ2) is 34.0. The van der Waals surface area contributed by atoms with Gasteiger partial charge in [-0.2, -0.15) is 0 Å². The van der Waals surface area contributed by atoms with E-state index in [0.717, 1.165) is 49.1 Å². The van der Waals surface area contributed by atoms with E-state index < -0.39 is 16.1 Å². The average Bonchev–Trinajstić information content (AvgIpc) is 3.71. The van der Waals surface area contributed by atoms with Crippen molar-refractivity contribution in [2.75, 3.05) is 19.5 Å². The Morgan fingerprint density at radius 3 is 1.47 bits per heavy atom. The van der Waals surface area contributed by atoms with Gasteiger partial charge in [0.15, 0.2) is 11.6 Å². The van der Waals surface area contributed by atoms with Crippen LogP contribution < -0.4 is 0 Å². The zero-order chi connectivity index (χ0) is 49.7. The minimum atomic E-state index is -1.53. The minimum Gasteiger partial charge on any atom is -0.469 e. The van der Waals surface area contributed by atoms with E-state index in [1.54, 1.807) is 5.10 Å². The van der Waals surface area contributed by atoms with Crippen LogP contribution >= 0.6 is 15.9 Å². The van der Waals surface area contributed by atoms with E-state index in [9.17, 15) is 19.2 Å². The number of unbranched alkanes of at least 4 members (excludes halogenated alkanes) is 2. The summed E-state index contributed by atoms with van der Waals surface area (Å²) in [5, 5.41) is 3.60. The van der Waals surface area contributed by atoms with Gasteiger partial charge in [-0.15, -0.1) is 5.10 Å². The number of carbonyl (C=O) groups is 4. The standard InChI is InChI=1S/C20H34O4Si.C16H30BO2Si.C10H15BrO2.2C2H8Si/c1-20(2,3)24-16-12-15(18(21)14-16)13-17(25(5,6)7)10-8-9-11-19(22)23-4;1-19-16(18)13-9-8-12-15(20(2,3)4)17-14-10-6-5-7-11-14;1-10(2,3)13-8-4-7(6-11)9(12)5-8;2*1-3-2/h10,12,16H,8-9,11,13-14H2,1-7H3;12,14H,5-11,13H2,1-4H3;4,8H,5-6H2,1-3H3;2*3H2,1-2H3/b17-10-;15-12-;;;. The molecule has 0 saturated heterocycles. The van der Waals surface area contributed by atoms with Gasteiger partial charge in [-0.1, -0.05) is 137 Å². The quantitative estimate of drug-likeness (QED) is 0.0614. The van der Waals surface area contributed by atoms with Gasteiger partial charge in [0.1, 0.15) is 7.28 Å². The molecule has 0 aliphatic heterocycles. The van der Waals surface area contributed by atoms with E-state index in [2.05, 4.69) is 110 Å². The zero-order valence-corrected chi connectivity index (χ0v) is 50.7. The van der Waals surface area contributed by atoms with Gasteiger partial charge in [-0.25, -0.2) is 0 Å². The van der Waals surface area contributed by atoms with Crippen molar-refractivity contribution < 1.29 is 38.1 Å². The highest BCUT2D eigenvalue weighted by atomic mass is 79.9. The van der Waals surface area contributed by atoms with E-state index in [4.69, 9.17) is 9.47 Å². The number of hydrogen-bond donors (Lipinski definition) is 0. The van der Waals surface area contributed by atoms with Crippen LogP contribution in [0.15, 0.2) is 45.7 Å². The van der Waals surface area contributed by atoms with E-state index in [-0.39, 0.29) is 46.9 Å². The highest BCUT2D eigenvalue weighted by molar-refractivity contribution is 9.09. The summed E-state index contributed by atoms with van der Waals surface area (Å²) in [6.07, 6.45) is 21.5. The van der Waals surface area contributed by atoms with Gasteiger partial charge < -0.3 is 18.9 Å².